The van der Waals surface area contributed by atoms with Gasteiger partial charge in [-0.05, 0) is 53.9 Å². The molecule has 1 saturated heterocycles. The maximum absolute atomic E-state index is 10.7. The van der Waals surface area contributed by atoms with Crippen molar-refractivity contribution in [2.45, 2.75) is 76.7 Å². The Hall–Kier alpha value is -0.120. The minimum Gasteiger partial charge on any atom is -0.388 e. The van der Waals surface area contributed by atoms with Crippen LogP contribution in [0.5, 0.6) is 0 Å². The van der Waals surface area contributed by atoms with E-state index in [2.05, 4.69) is 33.0 Å². The first-order chi connectivity index (χ1) is 7.62. The third-order valence-corrected chi connectivity index (χ3v) is 4.15. The number of aliphatic hydroxyl groups is 1. The van der Waals surface area contributed by atoms with Gasteiger partial charge in [0, 0.05) is 18.5 Å². The van der Waals surface area contributed by atoms with E-state index in [0.717, 1.165) is 6.42 Å². The zero-order valence-electron chi connectivity index (χ0n) is 11.8. The molecule has 0 spiro atoms. The van der Waals surface area contributed by atoms with Gasteiger partial charge in [0.25, 0.3) is 0 Å². The molecule has 3 nitrogen and oxygen atoms in total. The molecule has 1 aliphatic carbocycles. The summed E-state index contributed by atoms with van der Waals surface area (Å²) in [7, 11) is 0. The summed E-state index contributed by atoms with van der Waals surface area (Å²) in [4.78, 5) is 0. The van der Waals surface area contributed by atoms with E-state index in [9.17, 15) is 5.11 Å². The van der Waals surface area contributed by atoms with E-state index in [1.807, 2.05) is 6.92 Å². The van der Waals surface area contributed by atoms with E-state index < -0.39 is 5.60 Å². The van der Waals surface area contributed by atoms with Crippen LogP contribution >= 0.6 is 0 Å². The maximum Gasteiger partial charge on any atom is 0.0799 e. The molecule has 0 aromatic heterocycles. The normalized spacial score (nSPS) is 34.6. The third kappa shape index (κ3) is 3.01. The van der Waals surface area contributed by atoms with Gasteiger partial charge in [-0.25, -0.2) is 0 Å². The summed E-state index contributed by atoms with van der Waals surface area (Å²) in [5, 5.41) is 14.1. The van der Waals surface area contributed by atoms with Crippen molar-refractivity contribution in [2.24, 2.45) is 5.92 Å². The van der Waals surface area contributed by atoms with Gasteiger partial charge in [0.2, 0.25) is 0 Å². The number of hydrogen-bond donors (Lipinski definition) is 2. The first kappa shape index (κ1) is 13.3. The monoisotopic (exact) mass is 241 g/mol. The van der Waals surface area contributed by atoms with E-state index in [4.69, 9.17) is 4.74 Å². The molecule has 2 aliphatic rings. The SMILES string of the molecule is CC1(C)CC(C(C)(O)CNC2CC2)C(C)(C)O1. The lowest BCUT2D eigenvalue weighted by Crippen LogP contribution is -2.50. The fraction of sp³-hybridized carbons (Fsp3) is 1.00. The van der Waals surface area contributed by atoms with Crippen LogP contribution in [0.15, 0.2) is 0 Å². The molecule has 100 valence electrons. The fourth-order valence-electron chi connectivity index (χ4n) is 3.29. The second-order valence-corrected chi connectivity index (χ2v) is 7.23. The highest BCUT2D eigenvalue weighted by Crippen LogP contribution is 2.46. The Morgan fingerprint density at radius 1 is 1.29 bits per heavy atom. The summed E-state index contributed by atoms with van der Waals surface area (Å²) in [5.74, 6) is 0.177. The quantitative estimate of drug-likeness (QED) is 0.792. The summed E-state index contributed by atoms with van der Waals surface area (Å²) in [6, 6.07) is 0.639. The van der Waals surface area contributed by atoms with Gasteiger partial charge in [0.05, 0.1) is 16.8 Å². The van der Waals surface area contributed by atoms with Crippen molar-refractivity contribution in [3.63, 3.8) is 0 Å². The third-order valence-electron chi connectivity index (χ3n) is 4.15. The van der Waals surface area contributed by atoms with Crippen LogP contribution in [0.4, 0.5) is 0 Å². The molecule has 0 amide bonds. The van der Waals surface area contributed by atoms with Crippen molar-refractivity contribution in [1.82, 2.24) is 5.32 Å². The molecule has 2 unspecified atom stereocenters. The molecule has 1 saturated carbocycles. The van der Waals surface area contributed by atoms with E-state index in [0.29, 0.717) is 12.6 Å². The summed E-state index contributed by atoms with van der Waals surface area (Å²) >= 11 is 0. The number of rotatable bonds is 4. The Morgan fingerprint density at radius 3 is 2.29 bits per heavy atom. The largest absolute Gasteiger partial charge is 0.388 e. The lowest BCUT2D eigenvalue weighted by atomic mass is 9.75. The second-order valence-electron chi connectivity index (χ2n) is 7.23. The molecule has 1 heterocycles. The van der Waals surface area contributed by atoms with Crippen LogP contribution in [0.25, 0.3) is 0 Å². The highest BCUT2D eigenvalue weighted by atomic mass is 16.5. The van der Waals surface area contributed by atoms with Gasteiger partial charge in [-0.3, -0.25) is 0 Å². The molecule has 2 rings (SSSR count). The van der Waals surface area contributed by atoms with E-state index in [-0.39, 0.29) is 17.1 Å². The molecule has 2 atom stereocenters. The van der Waals surface area contributed by atoms with Crippen LogP contribution in [0.2, 0.25) is 0 Å². The lowest BCUT2D eigenvalue weighted by molar-refractivity contribution is -0.107. The first-order valence-electron chi connectivity index (χ1n) is 6.78. The topological polar surface area (TPSA) is 41.5 Å². The van der Waals surface area contributed by atoms with Crippen LogP contribution < -0.4 is 5.32 Å². The fourth-order valence-corrected chi connectivity index (χ4v) is 3.29. The number of ether oxygens (including phenoxy) is 1. The summed E-state index contributed by atoms with van der Waals surface area (Å²) in [6.07, 6.45) is 3.43. The molecule has 0 radical (unpaired) electrons. The van der Waals surface area contributed by atoms with Gasteiger partial charge in [-0.2, -0.15) is 0 Å². The molecule has 3 heteroatoms. The minimum absolute atomic E-state index is 0.127. The predicted molar refractivity (Wildman–Crippen MR) is 69.0 cm³/mol. The average molecular weight is 241 g/mol. The molecule has 0 aromatic rings. The van der Waals surface area contributed by atoms with Gasteiger partial charge in [0.15, 0.2) is 0 Å². The van der Waals surface area contributed by atoms with Gasteiger partial charge in [-0.15, -0.1) is 0 Å². The zero-order chi connectivity index (χ0) is 12.9. The van der Waals surface area contributed by atoms with E-state index in [1.54, 1.807) is 0 Å². The van der Waals surface area contributed by atoms with Crippen molar-refractivity contribution in [3.05, 3.63) is 0 Å². The van der Waals surface area contributed by atoms with Crippen LogP contribution in [-0.4, -0.2) is 34.5 Å². The Balaban J connectivity index is 2.03. The minimum atomic E-state index is -0.695. The highest BCUT2D eigenvalue weighted by Gasteiger charge is 2.53. The molecule has 0 bridgehead atoms. The molecule has 1 aliphatic heterocycles. The van der Waals surface area contributed by atoms with Crippen LogP contribution in [-0.2, 0) is 4.74 Å². The lowest BCUT2D eigenvalue weighted by Gasteiger charge is -2.37. The van der Waals surface area contributed by atoms with Gasteiger partial charge < -0.3 is 15.2 Å². The van der Waals surface area contributed by atoms with Crippen molar-refractivity contribution >= 4 is 0 Å². The number of nitrogens with one attached hydrogen (secondary N) is 1. The second kappa shape index (κ2) is 3.94. The smallest absolute Gasteiger partial charge is 0.0799 e. The van der Waals surface area contributed by atoms with Gasteiger partial charge in [-0.1, -0.05) is 0 Å². The summed E-state index contributed by atoms with van der Waals surface area (Å²) in [6.45, 7) is 11.0. The summed E-state index contributed by atoms with van der Waals surface area (Å²) in [5.41, 5.74) is -1.07. The van der Waals surface area contributed by atoms with E-state index >= 15 is 0 Å². The Morgan fingerprint density at radius 2 is 1.88 bits per heavy atom. The van der Waals surface area contributed by atoms with E-state index in [1.165, 1.54) is 12.8 Å². The van der Waals surface area contributed by atoms with Crippen molar-refractivity contribution in [1.29, 1.82) is 0 Å². The molecule has 17 heavy (non-hydrogen) atoms. The zero-order valence-corrected chi connectivity index (χ0v) is 11.8. The van der Waals surface area contributed by atoms with Crippen molar-refractivity contribution in [2.75, 3.05) is 6.54 Å². The Labute approximate surface area is 105 Å². The van der Waals surface area contributed by atoms with Crippen molar-refractivity contribution < 1.29 is 9.84 Å². The standard InChI is InChI=1S/C14H27NO2/c1-12(2)8-11(13(3,4)17-12)14(5,16)9-15-10-6-7-10/h10-11,15-16H,6-9H2,1-5H3. The summed E-state index contributed by atoms with van der Waals surface area (Å²) < 4.78 is 6.07. The number of hydrogen-bond acceptors (Lipinski definition) is 3. The first-order valence-corrected chi connectivity index (χ1v) is 6.78. The Bertz CT molecular complexity index is 293. The van der Waals surface area contributed by atoms with Crippen LogP contribution in [0.3, 0.4) is 0 Å². The molecular formula is C14H27NO2. The van der Waals surface area contributed by atoms with Crippen molar-refractivity contribution in [3.8, 4) is 0 Å². The highest BCUT2D eigenvalue weighted by molar-refractivity contribution is 5.03. The molecule has 0 aromatic carbocycles. The molecule has 2 N–H and O–H groups in total. The average Bonchev–Trinajstić information content (AvgIpc) is 2.89. The Kier molecular flexibility index (Phi) is 3.08. The predicted octanol–water partition coefficient (Wildman–Crippen LogP) is 2.08. The van der Waals surface area contributed by atoms with Gasteiger partial charge >= 0.3 is 0 Å². The van der Waals surface area contributed by atoms with Crippen LogP contribution in [0, 0.1) is 5.92 Å². The molecule has 2 fully saturated rings. The van der Waals surface area contributed by atoms with Crippen LogP contribution in [0.1, 0.15) is 53.9 Å². The molecular weight excluding hydrogens is 214 g/mol. The van der Waals surface area contributed by atoms with Gasteiger partial charge in [0.1, 0.15) is 0 Å². The maximum atomic E-state index is 10.7.